The largest absolute Gasteiger partial charge is 0.494 e. The lowest BCUT2D eigenvalue weighted by Crippen LogP contribution is -2.21. The zero-order valence-corrected chi connectivity index (χ0v) is 13.9. The van der Waals surface area contributed by atoms with Gasteiger partial charge in [0.05, 0.1) is 12.7 Å². The molecule has 0 radical (unpaired) electrons. The molecule has 3 heteroatoms. The summed E-state index contributed by atoms with van der Waals surface area (Å²) in [6, 6.07) is 17.9. The van der Waals surface area contributed by atoms with Crippen molar-refractivity contribution >= 4 is 0 Å². The highest BCUT2D eigenvalue weighted by Crippen LogP contribution is 2.14. The number of nitrogens with one attached hydrogen (secondary N) is 1. The molecule has 0 aliphatic rings. The average Bonchev–Trinajstić information content (AvgIpc) is 2.60. The normalized spacial score (nSPS) is 12.1. The number of aliphatic hydroxyl groups excluding tert-OH is 1. The summed E-state index contributed by atoms with van der Waals surface area (Å²) in [7, 11) is 0. The Kier molecular flexibility index (Phi) is 7.64. The van der Waals surface area contributed by atoms with E-state index in [1.165, 1.54) is 18.4 Å². The van der Waals surface area contributed by atoms with Crippen LogP contribution in [-0.4, -0.2) is 18.3 Å². The van der Waals surface area contributed by atoms with Crippen molar-refractivity contribution in [2.24, 2.45) is 0 Å². The first-order valence-electron chi connectivity index (χ1n) is 8.45. The molecular formula is C20H27NO2. The molecule has 0 aromatic heterocycles. The predicted octanol–water partition coefficient (Wildman–Crippen LogP) is 4.08. The topological polar surface area (TPSA) is 41.5 Å². The van der Waals surface area contributed by atoms with E-state index in [0.717, 1.165) is 30.9 Å². The monoisotopic (exact) mass is 313 g/mol. The minimum absolute atomic E-state index is 0.475. The summed E-state index contributed by atoms with van der Waals surface area (Å²) >= 11 is 0. The van der Waals surface area contributed by atoms with Crippen LogP contribution in [0.5, 0.6) is 5.75 Å². The van der Waals surface area contributed by atoms with Crippen LogP contribution >= 0.6 is 0 Å². The quantitative estimate of drug-likeness (QED) is 0.649. The van der Waals surface area contributed by atoms with E-state index in [4.69, 9.17) is 4.74 Å². The van der Waals surface area contributed by atoms with Gasteiger partial charge in [-0.2, -0.15) is 0 Å². The van der Waals surface area contributed by atoms with Gasteiger partial charge in [0.1, 0.15) is 5.75 Å². The Hall–Kier alpha value is -1.84. The van der Waals surface area contributed by atoms with Crippen molar-refractivity contribution < 1.29 is 9.84 Å². The van der Waals surface area contributed by atoms with E-state index in [9.17, 15) is 5.11 Å². The molecule has 0 heterocycles. The third-order valence-electron chi connectivity index (χ3n) is 3.79. The number of ether oxygens (including phenoxy) is 1. The lowest BCUT2D eigenvalue weighted by Gasteiger charge is -2.12. The van der Waals surface area contributed by atoms with Crippen LogP contribution in [-0.2, 0) is 6.54 Å². The Balaban J connectivity index is 1.69. The third kappa shape index (κ3) is 6.43. The highest BCUT2D eigenvalue weighted by Gasteiger charge is 2.05. The molecule has 0 spiro atoms. The Bertz CT molecular complexity index is 539. The molecule has 124 valence electrons. The number of benzene rings is 2. The summed E-state index contributed by atoms with van der Waals surface area (Å²) in [5.74, 6) is 0.925. The van der Waals surface area contributed by atoms with Crippen molar-refractivity contribution in [1.82, 2.24) is 5.32 Å². The van der Waals surface area contributed by atoms with Gasteiger partial charge in [-0.1, -0.05) is 62.2 Å². The molecule has 1 atom stereocenters. The molecule has 2 aromatic carbocycles. The van der Waals surface area contributed by atoms with Crippen LogP contribution in [0.4, 0.5) is 0 Å². The minimum Gasteiger partial charge on any atom is -0.494 e. The summed E-state index contributed by atoms with van der Waals surface area (Å²) < 4.78 is 5.70. The molecule has 0 aliphatic carbocycles. The van der Waals surface area contributed by atoms with Crippen LogP contribution < -0.4 is 10.1 Å². The van der Waals surface area contributed by atoms with Crippen LogP contribution in [0.1, 0.15) is 43.4 Å². The summed E-state index contributed by atoms with van der Waals surface area (Å²) in [5, 5.41) is 13.4. The van der Waals surface area contributed by atoms with Gasteiger partial charge in [-0.05, 0) is 29.7 Å². The molecule has 23 heavy (non-hydrogen) atoms. The number of unbranched alkanes of at least 4 members (excludes halogenated alkanes) is 2. The summed E-state index contributed by atoms with van der Waals surface area (Å²) in [5.41, 5.74) is 2.13. The Morgan fingerprint density at radius 2 is 1.74 bits per heavy atom. The fraction of sp³-hybridized carbons (Fsp3) is 0.400. The van der Waals surface area contributed by atoms with Crippen molar-refractivity contribution in [3.8, 4) is 5.75 Å². The molecule has 0 bridgehead atoms. The molecule has 0 fully saturated rings. The lowest BCUT2D eigenvalue weighted by atomic mass is 10.1. The minimum atomic E-state index is -0.475. The van der Waals surface area contributed by atoms with Crippen molar-refractivity contribution in [3.05, 3.63) is 65.7 Å². The van der Waals surface area contributed by atoms with Crippen molar-refractivity contribution in [2.75, 3.05) is 13.2 Å². The molecule has 0 amide bonds. The van der Waals surface area contributed by atoms with E-state index in [-0.39, 0.29) is 0 Å². The Morgan fingerprint density at radius 1 is 1.00 bits per heavy atom. The van der Waals surface area contributed by atoms with Crippen molar-refractivity contribution in [1.29, 1.82) is 0 Å². The van der Waals surface area contributed by atoms with Crippen molar-refractivity contribution in [3.63, 3.8) is 0 Å². The average molecular weight is 313 g/mol. The lowest BCUT2D eigenvalue weighted by molar-refractivity contribution is 0.174. The fourth-order valence-corrected chi connectivity index (χ4v) is 2.39. The van der Waals surface area contributed by atoms with Gasteiger partial charge in [-0.3, -0.25) is 0 Å². The van der Waals surface area contributed by atoms with E-state index >= 15 is 0 Å². The first-order chi connectivity index (χ1) is 11.3. The van der Waals surface area contributed by atoms with E-state index in [1.807, 2.05) is 42.5 Å². The summed E-state index contributed by atoms with van der Waals surface area (Å²) in [4.78, 5) is 0. The zero-order valence-electron chi connectivity index (χ0n) is 13.9. The maximum Gasteiger partial charge on any atom is 0.119 e. The van der Waals surface area contributed by atoms with Gasteiger partial charge in [-0.25, -0.2) is 0 Å². The maximum atomic E-state index is 10.1. The van der Waals surface area contributed by atoms with Gasteiger partial charge in [0, 0.05) is 13.1 Å². The smallest absolute Gasteiger partial charge is 0.119 e. The second-order valence-corrected chi connectivity index (χ2v) is 5.76. The molecule has 3 nitrogen and oxygen atoms in total. The van der Waals surface area contributed by atoms with Crippen LogP contribution in [0, 0.1) is 0 Å². The second kappa shape index (κ2) is 10.0. The molecule has 2 N–H and O–H groups in total. The number of hydrogen-bond acceptors (Lipinski definition) is 3. The summed E-state index contributed by atoms with van der Waals surface area (Å²) in [6.07, 6.45) is 3.06. The third-order valence-corrected chi connectivity index (χ3v) is 3.79. The molecule has 2 rings (SSSR count). The molecule has 2 aromatic rings. The highest BCUT2D eigenvalue weighted by atomic mass is 16.5. The molecule has 0 saturated carbocycles. The zero-order chi connectivity index (χ0) is 16.3. The molecule has 0 aliphatic heterocycles. The SMILES string of the molecule is CCCCCOc1ccc(CNCC(O)c2ccccc2)cc1. The summed E-state index contributed by atoms with van der Waals surface area (Å²) in [6.45, 7) is 4.25. The first kappa shape index (κ1) is 17.5. The van der Waals surface area contributed by atoms with Crippen LogP contribution in [0.15, 0.2) is 54.6 Å². The molecular weight excluding hydrogens is 286 g/mol. The number of aliphatic hydroxyl groups is 1. The van der Waals surface area contributed by atoms with Gasteiger partial charge in [-0.15, -0.1) is 0 Å². The molecule has 0 saturated heterocycles. The van der Waals surface area contributed by atoms with Crippen LogP contribution in [0.25, 0.3) is 0 Å². The van der Waals surface area contributed by atoms with E-state index in [0.29, 0.717) is 6.54 Å². The highest BCUT2D eigenvalue weighted by molar-refractivity contribution is 5.27. The van der Waals surface area contributed by atoms with Gasteiger partial charge >= 0.3 is 0 Å². The van der Waals surface area contributed by atoms with Gasteiger partial charge < -0.3 is 15.2 Å². The van der Waals surface area contributed by atoms with E-state index < -0.39 is 6.10 Å². The van der Waals surface area contributed by atoms with Crippen molar-refractivity contribution in [2.45, 2.75) is 38.8 Å². The number of rotatable bonds is 10. The van der Waals surface area contributed by atoms with Gasteiger partial charge in [0.15, 0.2) is 0 Å². The fourth-order valence-electron chi connectivity index (χ4n) is 2.39. The maximum absolute atomic E-state index is 10.1. The Morgan fingerprint density at radius 3 is 2.43 bits per heavy atom. The predicted molar refractivity (Wildman–Crippen MR) is 94.6 cm³/mol. The first-order valence-corrected chi connectivity index (χ1v) is 8.45. The second-order valence-electron chi connectivity index (χ2n) is 5.76. The van der Waals surface area contributed by atoms with Gasteiger partial charge in [0.2, 0.25) is 0 Å². The van der Waals surface area contributed by atoms with Crippen LogP contribution in [0.2, 0.25) is 0 Å². The standard InChI is InChI=1S/C20H27NO2/c1-2-3-7-14-23-19-12-10-17(11-13-19)15-21-16-20(22)18-8-5-4-6-9-18/h4-6,8-13,20-22H,2-3,7,14-16H2,1H3. The molecule has 1 unspecified atom stereocenters. The van der Waals surface area contributed by atoms with E-state index in [2.05, 4.69) is 24.4 Å². The van der Waals surface area contributed by atoms with E-state index in [1.54, 1.807) is 0 Å². The number of hydrogen-bond donors (Lipinski definition) is 2. The Labute approximate surface area is 139 Å². The van der Waals surface area contributed by atoms with Crippen LogP contribution in [0.3, 0.4) is 0 Å². The van der Waals surface area contributed by atoms with Gasteiger partial charge in [0.25, 0.3) is 0 Å².